The highest BCUT2D eigenvalue weighted by atomic mass is 16.7. The molecule has 0 unspecified atom stereocenters. The van der Waals surface area contributed by atoms with E-state index in [9.17, 15) is 14.4 Å². The second kappa shape index (κ2) is 8.02. The number of rotatable bonds is 6. The SMILES string of the molecule is O=C(CNC(=O)c1ccccc1)NCC(=O)Nc1ccc2c(c1)OCO2. The van der Waals surface area contributed by atoms with Crippen LogP contribution in [0.15, 0.2) is 48.5 Å². The lowest BCUT2D eigenvalue weighted by atomic mass is 10.2. The zero-order valence-electron chi connectivity index (χ0n) is 13.8. The molecule has 8 nitrogen and oxygen atoms in total. The van der Waals surface area contributed by atoms with Gasteiger partial charge < -0.3 is 25.4 Å². The topological polar surface area (TPSA) is 106 Å². The molecule has 2 aromatic carbocycles. The zero-order chi connectivity index (χ0) is 18.4. The predicted octanol–water partition coefficient (Wildman–Crippen LogP) is 0.900. The van der Waals surface area contributed by atoms with Crippen LogP contribution in [0.5, 0.6) is 11.5 Å². The van der Waals surface area contributed by atoms with Crippen LogP contribution in [-0.2, 0) is 9.59 Å². The highest BCUT2D eigenvalue weighted by Crippen LogP contribution is 2.34. The predicted molar refractivity (Wildman–Crippen MR) is 93.0 cm³/mol. The summed E-state index contributed by atoms with van der Waals surface area (Å²) in [6.07, 6.45) is 0. The van der Waals surface area contributed by atoms with Gasteiger partial charge in [0, 0.05) is 17.3 Å². The fourth-order valence-corrected chi connectivity index (χ4v) is 2.27. The van der Waals surface area contributed by atoms with E-state index in [2.05, 4.69) is 16.0 Å². The average molecular weight is 355 g/mol. The number of carbonyl (C=O) groups is 3. The van der Waals surface area contributed by atoms with Gasteiger partial charge in [0.25, 0.3) is 5.91 Å². The van der Waals surface area contributed by atoms with Crippen molar-refractivity contribution in [3.8, 4) is 11.5 Å². The van der Waals surface area contributed by atoms with E-state index in [1.165, 1.54) is 0 Å². The summed E-state index contributed by atoms with van der Waals surface area (Å²) in [7, 11) is 0. The highest BCUT2D eigenvalue weighted by Gasteiger charge is 2.14. The fraction of sp³-hybridized carbons (Fsp3) is 0.167. The Kier molecular flexibility index (Phi) is 5.33. The van der Waals surface area contributed by atoms with Crippen molar-refractivity contribution < 1.29 is 23.9 Å². The third-order valence-corrected chi connectivity index (χ3v) is 3.55. The third-order valence-electron chi connectivity index (χ3n) is 3.55. The van der Waals surface area contributed by atoms with E-state index in [0.717, 1.165) is 0 Å². The molecule has 0 radical (unpaired) electrons. The van der Waals surface area contributed by atoms with Gasteiger partial charge in [-0.05, 0) is 24.3 Å². The number of anilines is 1. The molecule has 0 fully saturated rings. The summed E-state index contributed by atoms with van der Waals surface area (Å²) >= 11 is 0. The minimum Gasteiger partial charge on any atom is -0.454 e. The summed E-state index contributed by atoms with van der Waals surface area (Å²) in [5, 5.41) is 7.57. The molecule has 0 bridgehead atoms. The Hall–Kier alpha value is -3.55. The molecule has 0 saturated carbocycles. The molecule has 3 rings (SSSR count). The number of carbonyl (C=O) groups excluding carboxylic acids is 3. The van der Waals surface area contributed by atoms with Crippen LogP contribution < -0.4 is 25.4 Å². The zero-order valence-corrected chi connectivity index (χ0v) is 13.8. The second-order valence-corrected chi connectivity index (χ2v) is 5.44. The van der Waals surface area contributed by atoms with Gasteiger partial charge in [-0.3, -0.25) is 14.4 Å². The molecular formula is C18H17N3O5. The van der Waals surface area contributed by atoms with Crippen LogP contribution in [0.25, 0.3) is 0 Å². The smallest absolute Gasteiger partial charge is 0.251 e. The largest absolute Gasteiger partial charge is 0.454 e. The van der Waals surface area contributed by atoms with Crippen LogP contribution in [0.3, 0.4) is 0 Å². The van der Waals surface area contributed by atoms with Crippen LogP contribution in [0.2, 0.25) is 0 Å². The van der Waals surface area contributed by atoms with E-state index < -0.39 is 11.8 Å². The van der Waals surface area contributed by atoms with Crippen LogP contribution in [0.1, 0.15) is 10.4 Å². The van der Waals surface area contributed by atoms with Crippen molar-refractivity contribution in [2.24, 2.45) is 0 Å². The molecule has 3 N–H and O–H groups in total. The Morgan fingerprint density at radius 3 is 2.38 bits per heavy atom. The van der Waals surface area contributed by atoms with Crippen LogP contribution in [0, 0.1) is 0 Å². The van der Waals surface area contributed by atoms with Gasteiger partial charge in [-0.25, -0.2) is 0 Å². The lowest BCUT2D eigenvalue weighted by molar-refractivity contribution is -0.123. The summed E-state index contributed by atoms with van der Waals surface area (Å²) < 4.78 is 10.4. The first-order valence-electron chi connectivity index (χ1n) is 7.91. The maximum atomic E-state index is 11.9. The molecule has 0 aromatic heterocycles. The molecule has 0 aliphatic carbocycles. The summed E-state index contributed by atoms with van der Waals surface area (Å²) in [5.74, 6) is -0.0480. The van der Waals surface area contributed by atoms with E-state index in [-0.39, 0.29) is 25.8 Å². The molecule has 0 saturated heterocycles. The molecule has 3 amide bonds. The summed E-state index contributed by atoms with van der Waals surface area (Å²) in [6.45, 7) is -0.281. The molecule has 134 valence electrons. The lowest BCUT2D eigenvalue weighted by Gasteiger charge is -2.08. The molecule has 2 aromatic rings. The average Bonchev–Trinajstić information content (AvgIpc) is 3.13. The number of hydrogen-bond acceptors (Lipinski definition) is 5. The maximum Gasteiger partial charge on any atom is 0.251 e. The Morgan fingerprint density at radius 1 is 0.846 bits per heavy atom. The first-order chi connectivity index (χ1) is 12.6. The standard InChI is InChI=1S/C18H17N3O5/c22-16(9-20-18(24)12-4-2-1-3-5-12)19-10-17(23)21-13-6-7-14-15(8-13)26-11-25-14/h1-8H,9-11H2,(H,19,22)(H,20,24)(H,21,23). The van der Waals surface area contributed by atoms with Gasteiger partial charge in [0.1, 0.15) is 0 Å². The van der Waals surface area contributed by atoms with Crippen molar-refractivity contribution in [2.45, 2.75) is 0 Å². The molecule has 8 heteroatoms. The van der Waals surface area contributed by atoms with Crippen molar-refractivity contribution in [1.29, 1.82) is 0 Å². The van der Waals surface area contributed by atoms with E-state index in [1.54, 1.807) is 48.5 Å². The Balaban J connectivity index is 1.40. The third kappa shape index (κ3) is 4.50. The molecule has 1 heterocycles. The van der Waals surface area contributed by atoms with E-state index in [0.29, 0.717) is 22.7 Å². The number of hydrogen-bond donors (Lipinski definition) is 3. The van der Waals surface area contributed by atoms with E-state index >= 15 is 0 Å². The van der Waals surface area contributed by atoms with Gasteiger partial charge in [0.05, 0.1) is 13.1 Å². The summed E-state index contributed by atoms with van der Waals surface area (Å²) in [4.78, 5) is 35.5. The van der Waals surface area contributed by atoms with Gasteiger partial charge in [0.2, 0.25) is 18.6 Å². The molecule has 1 aliphatic heterocycles. The molecule has 1 aliphatic rings. The van der Waals surface area contributed by atoms with Gasteiger partial charge in [-0.15, -0.1) is 0 Å². The summed E-state index contributed by atoms with van der Waals surface area (Å²) in [5.41, 5.74) is 0.992. The quantitative estimate of drug-likeness (QED) is 0.714. The lowest BCUT2D eigenvalue weighted by Crippen LogP contribution is -2.40. The van der Waals surface area contributed by atoms with Crippen molar-refractivity contribution in [3.63, 3.8) is 0 Å². The summed E-state index contributed by atoms with van der Waals surface area (Å²) in [6, 6.07) is 13.6. The van der Waals surface area contributed by atoms with Crippen molar-refractivity contribution in [2.75, 3.05) is 25.2 Å². The first kappa shape index (κ1) is 17.3. The number of fused-ring (bicyclic) bond motifs is 1. The number of benzene rings is 2. The van der Waals surface area contributed by atoms with Gasteiger partial charge in [0.15, 0.2) is 11.5 Å². The van der Waals surface area contributed by atoms with Gasteiger partial charge in [-0.2, -0.15) is 0 Å². The minimum atomic E-state index is -0.463. The van der Waals surface area contributed by atoms with E-state index in [4.69, 9.17) is 9.47 Å². The van der Waals surface area contributed by atoms with Crippen molar-refractivity contribution in [1.82, 2.24) is 10.6 Å². The van der Waals surface area contributed by atoms with Gasteiger partial charge >= 0.3 is 0 Å². The maximum absolute atomic E-state index is 11.9. The van der Waals surface area contributed by atoms with Crippen LogP contribution in [-0.4, -0.2) is 37.6 Å². The monoisotopic (exact) mass is 355 g/mol. The molecular weight excluding hydrogens is 338 g/mol. The molecule has 0 spiro atoms. The highest BCUT2D eigenvalue weighted by molar-refractivity contribution is 5.98. The van der Waals surface area contributed by atoms with Crippen molar-refractivity contribution in [3.05, 3.63) is 54.1 Å². The van der Waals surface area contributed by atoms with Gasteiger partial charge in [-0.1, -0.05) is 18.2 Å². The second-order valence-electron chi connectivity index (χ2n) is 5.44. The van der Waals surface area contributed by atoms with Crippen LogP contribution >= 0.6 is 0 Å². The number of ether oxygens (including phenoxy) is 2. The van der Waals surface area contributed by atoms with E-state index in [1.807, 2.05) is 0 Å². The number of nitrogens with one attached hydrogen (secondary N) is 3. The fourth-order valence-electron chi connectivity index (χ4n) is 2.27. The van der Waals surface area contributed by atoms with Crippen LogP contribution in [0.4, 0.5) is 5.69 Å². The minimum absolute atomic E-state index is 0.150. The molecule has 0 atom stereocenters. The normalized spacial score (nSPS) is 11.5. The Morgan fingerprint density at radius 2 is 1.58 bits per heavy atom. The number of amides is 3. The Bertz CT molecular complexity index is 823. The van der Waals surface area contributed by atoms with Crippen molar-refractivity contribution >= 4 is 23.4 Å². The first-order valence-corrected chi connectivity index (χ1v) is 7.91. The Labute approximate surface area is 149 Å². The molecule has 26 heavy (non-hydrogen) atoms.